The van der Waals surface area contributed by atoms with Crippen LogP contribution in [0.2, 0.25) is 0 Å². The van der Waals surface area contributed by atoms with Crippen LogP contribution in [0.1, 0.15) is 23.6 Å². The number of esters is 1. The molecule has 0 fully saturated rings. The van der Waals surface area contributed by atoms with Crippen LogP contribution >= 0.6 is 0 Å². The molecular formula is C23H25N3O6. The zero-order valence-electron chi connectivity index (χ0n) is 17.8. The summed E-state index contributed by atoms with van der Waals surface area (Å²) in [5, 5.41) is 23.7. The first-order valence-corrected chi connectivity index (χ1v) is 9.86. The van der Waals surface area contributed by atoms with Crippen LogP contribution in [0.3, 0.4) is 0 Å². The molecule has 0 bridgehead atoms. The molecule has 2 amide bonds. The first kappa shape index (κ1) is 24.4. The van der Waals surface area contributed by atoms with Crippen molar-refractivity contribution in [3.63, 3.8) is 0 Å². The van der Waals surface area contributed by atoms with Gasteiger partial charge in [-0.1, -0.05) is 42.5 Å². The van der Waals surface area contributed by atoms with Gasteiger partial charge in [0.25, 0.3) is 0 Å². The Bertz CT molecular complexity index is 954. The predicted molar refractivity (Wildman–Crippen MR) is 114 cm³/mol. The van der Waals surface area contributed by atoms with Crippen LogP contribution in [0.25, 0.3) is 0 Å². The summed E-state index contributed by atoms with van der Waals surface area (Å²) in [5.41, 5.74) is 1.90. The number of ether oxygens (including phenoxy) is 2. The lowest BCUT2D eigenvalue weighted by Crippen LogP contribution is -2.56. The molecular weight excluding hydrogens is 414 g/mol. The maximum absolute atomic E-state index is 12.7. The second kappa shape index (κ2) is 12.1. The normalized spacial score (nSPS) is 13.1. The molecule has 0 radical (unpaired) electrons. The standard InChI is InChI=1S/C23H25N3O6/c1-15(27)20(26-23(30)32-14-18-6-4-3-5-7-18)21(28)25-19(22(29)31-2)12-16-8-10-17(13-24)11-9-16/h3-11,15,19-20,27H,12,14H2,1-2H3,(H,25,28)(H,26,30)/t15-,19+,20+/m1/s1. The monoisotopic (exact) mass is 439 g/mol. The van der Waals surface area contributed by atoms with Gasteiger partial charge in [-0.2, -0.15) is 5.26 Å². The molecule has 168 valence electrons. The lowest BCUT2D eigenvalue weighted by molar-refractivity contribution is -0.145. The fourth-order valence-electron chi connectivity index (χ4n) is 2.85. The smallest absolute Gasteiger partial charge is 0.408 e. The Morgan fingerprint density at radius 1 is 1.03 bits per heavy atom. The van der Waals surface area contributed by atoms with Crippen LogP contribution in [-0.4, -0.2) is 48.4 Å². The summed E-state index contributed by atoms with van der Waals surface area (Å²) in [5.74, 6) is -1.47. The van der Waals surface area contributed by atoms with Crippen LogP contribution in [0.4, 0.5) is 4.79 Å². The van der Waals surface area contributed by atoms with E-state index in [4.69, 9.17) is 14.7 Å². The molecule has 0 heterocycles. The third-order valence-electron chi connectivity index (χ3n) is 4.58. The topological polar surface area (TPSA) is 138 Å². The van der Waals surface area contributed by atoms with E-state index >= 15 is 0 Å². The van der Waals surface area contributed by atoms with E-state index in [9.17, 15) is 19.5 Å². The van der Waals surface area contributed by atoms with Gasteiger partial charge in [0.15, 0.2) is 0 Å². The number of carbonyl (C=O) groups is 3. The molecule has 3 atom stereocenters. The average molecular weight is 439 g/mol. The first-order valence-electron chi connectivity index (χ1n) is 9.86. The van der Waals surface area contributed by atoms with E-state index in [-0.39, 0.29) is 13.0 Å². The summed E-state index contributed by atoms with van der Waals surface area (Å²) in [6.45, 7) is 1.32. The van der Waals surface area contributed by atoms with Gasteiger partial charge in [-0.25, -0.2) is 9.59 Å². The van der Waals surface area contributed by atoms with Crippen LogP contribution < -0.4 is 10.6 Å². The van der Waals surface area contributed by atoms with Crippen molar-refractivity contribution in [1.82, 2.24) is 10.6 Å². The Hall–Kier alpha value is -3.90. The average Bonchev–Trinajstić information content (AvgIpc) is 2.81. The maximum atomic E-state index is 12.7. The van der Waals surface area contributed by atoms with E-state index in [1.807, 2.05) is 12.1 Å². The van der Waals surface area contributed by atoms with Gasteiger partial charge >= 0.3 is 12.1 Å². The van der Waals surface area contributed by atoms with Gasteiger partial charge in [-0.3, -0.25) is 4.79 Å². The first-order chi connectivity index (χ1) is 15.3. The largest absolute Gasteiger partial charge is 0.467 e. The highest BCUT2D eigenvalue weighted by Crippen LogP contribution is 2.08. The number of aliphatic hydroxyl groups excluding tert-OH is 1. The predicted octanol–water partition coefficient (Wildman–Crippen LogP) is 1.43. The molecule has 0 aliphatic heterocycles. The van der Waals surface area contributed by atoms with Gasteiger partial charge in [-0.15, -0.1) is 0 Å². The molecule has 0 saturated heterocycles. The van der Waals surface area contributed by atoms with Crippen molar-refractivity contribution in [3.8, 4) is 6.07 Å². The third kappa shape index (κ3) is 7.41. The summed E-state index contributed by atoms with van der Waals surface area (Å²) in [7, 11) is 1.19. The fourth-order valence-corrected chi connectivity index (χ4v) is 2.85. The highest BCUT2D eigenvalue weighted by atomic mass is 16.5. The Morgan fingerprint density at radius 3 is 2.25 bits per heavy atom. The van der Waals surface area contributed by atoms with Crippen LogP contribution in [0, 0.1) is 11.3 Å². The third-order valence-corrected chi connectivity index (χ3v) is 4.58. The van der Waals surface area contributed by atoms with E-state index in [2.05, 4.69) is 10.6 Å². The molecule has 0 aliphatic rings. The lowest BCUT2D eigenvalue weighted by Gasteiger charge is -2.23. The summed E-state index contributed by atoms with van der Waals surface area (Å²) >= 11 is 0. The summed E-state index contributed by atoms with van der Waals surface area (Å²) in [6, 6.07) is 15.0. The molecule has 0 unspecified atom stereocenters. The van der Waals surface area contributed by atoms with Crippen molar-refractivity contribution in [2.75, 3.05) is 7.11 Å². The van der Waals surface area contributed by atoms with Gasteiger partial charge in [0.05, 0.1) is 24.8 Å². The molecule has 2 rings (SSSR count). The lowest BCUT2D eigenvalue weighted by atomic mass is 10.0. The minimum atomic E-state index is -1.36. The van der Waals surface area contributed by atoms with Gasteiger partial charge < -0.3 is 25.2 Å². The number of nitriles is 1. The number of benzene rings is 2. The van der Waals surface area contributed by atoms with Gasteiger partial charge in [0, 0.05) is 6.42 Å². The fraction of sp³-hybridized carbons (Fsp3) is 0.304. The number of aliphatic hydroxyl groups is 1. The minimum absolute atomic E-state index is 0.00962. The van der Waals surface area contributed by atoms with Crippen molar-refractivity contribution >= 4 is 18.0 Å². The second-order valence-electron chi connectivity index (χ2n) is 7.02. The molecule has 0 aliphatic carbocycles. The van der Waals surface area contributed by atoms with Gasteiger partial charge in [0.2, 0.25) is 5.91 Å². The number of rotatable bonds is 9. The van der Waals surface area contributed by atoms with Crippen LogP contribution in [0.5, 0.6) is 0 Å². The number of hydrogen-bond donors (Lipinski definition) is 3. The van der Waals surface area contributed by atoms with E-state index in [0.29, 0.717) is 11.1 Å². The number of amides is 2. The molecule has 9 heteroatoms. The molecule has 0 aromatic heterocycles. The summed E-state index contributed by atoms with van der Waals surface area (Å²) in [4.78, 5) is 37.0. The second-order valence-corrected chi connectivity index (χ2v) is 7.02. The van der Waals surface area contributed by atoms with Crippen LogP contribution in [0.15, 0.2) is 54.6 Å². The van der Waals surface area contributed by atoms with Crippen molar-refractivity contribution < 1.29 is 29.0 Å². The Kier molecular flexibility index (Phi) is 9.20. The van der Waals surface area contributed by atoms with Crippen molar-refractivity contribution in [3.05, 3.63) is 71.3 Å². The molecule has 32 heavy (non-hydrogen) atoms. The van der Waals surface area contributed by atoms with E-state index in [1.165, 1.54) is 14.0 Å². The van der Waals surface area contributed by atoms with Crippen molar-refractivity contribution in [1.29, 1.82) is 5.26 Å². The molecule has 0 spiro atoms. The molecule has 2 aromatic carbocycles. The van der Waals surface area contributed by atoms with Crippen molar-refractivity contribution in [2.45, 2.75) is 38.1 Å². The Morgan fingerprint density at radius 2 is 1.69 bits per heavy atom. The van der Waals surface area contributed by atoms with E-state index in [1.54, 1.807) is 48.5 Å². The zero-order chi connectivity index (χ0) is 23.5. The number of alkyl carbamates (subject to hydrolysis) is 1. The number of methoxy groups -OCH3 is 1. The molecule has 9 nitrogen and oxygen atoms in total. The molecule has 0 saturated carbocycles. The quantitative estimate of drug-likeness (QED) is 0.503. The van der Waals surface area contributed by atoms with Crippen LogP contribution in [-0.2, 0) is 32.1 Å². The number of carbonyl (C=O) groups excluding carboxylic acids is 3. The summed E-state index contributed by atoms with van der Waals surface area (Å²) in [6.07, 6.45) is -2.06. The minimum Gasteiger partial charge on any atom is -0.467 e. The van der Waals surface area contributed by atoms with E-state index < -0.39 is 36.2 Å². The SMILES string of the molecule is COC(=O)[C@H](Cc1ccc(C#N)cc1)NC(=O)[C@@H](NC(=O)OCc1ccccc1)[C@@H](C)O. The number of nitrogens with zero attached hydrogens (tertiary/aromatic N) is 1. The number of nitrogens with one attached hydrogen (secondary N) is 2. The Labute approximate surface area is 186 Å². The van der Waals surface area contributed by atoms with Gasteiger partial charge in [0.1, 0.15) is 18.7 Å². The highest BCUT2D eigenvalue weighted by molar-refractivity contribution is 5.90. The zero-order valence-corrected chi connectivity index (χ0v) is 17.8. The number of hydrogen-bond acceptors (Lipinski definition) is 7. The van der Waals surface area contributed by atoms with E-state index in [0.717, 1.165) is 5.56 Å². The Balaban J connectivity index is 2.02. The highest BCUT2D eigenvalue weighted by Gasteiger charge is 2.30. The van der Waals surface area contributed by atoms with Gasteiger partial charge in [-0.05, 0) is 30.2 Å². The summed E-state index contributed by atoms with van der Waals surface area (Å²) < 4.78 is 9.85. The molecule has 2 aromatic rings. The maximum Gasteiger partial charge on any atom is 0.408 e. The van der Waals surface area contributed by atoms with Crippen molar-refractivity contribution in [2.24, 2.45) is 0 Å². The molecule has 3 N–H and O–H groups in total.